The minimum absolute atomic E-state index is 0.0336. The molecule has 0 spiro atoms. The highest BCUT2D eigenvalue weighted by Crippen LogP contribution is 2.29. The number of hydrogen-bond acceptors (Lipinski definition) is 5. The van der Waals surface area contributed by atoms with Gasteiger partial charge in [0.05, 0.1) is 18.6 Å². The summed E-state index contributed by atoms with van der Waals surface area (Å²) < 4.78 is 5.06. The van der Waals surface area contributed by atoms with E-state index in [0.717, 1.165) is 11.1 Å². The van der Waals surface area contributed by atoms with Crippen LogP contribution in [0.1, 0.15) is 24.5 Å². The molecule has 0 amide bonds. The largest absolute Gasteiger partial charge is 0.466 e. The van der Waals surface area contributed by atoms with Crippen molar-refractivity contribution in [3.8, 4) is 0 Å². The molecule has 0 aliphatic carbocycles. The lowest BCUT2D eigenvalue weighted by Crippen LogP contribution is -2.13. The van der Waals surface area contributed by atoms with E-state index in [9.17, 15) is 9.59 Å². The van der Waals surface area contributed by atoms with Crippen LogP contribution in [0.25, 0.3) is 5.57 Å². The zero-order valence-corrected chi connectivity index (χ0v) is 13.8. The van der Waals surface area contributed by atoms with Crippen LogP contribution < -0.4 is 0 Å². The fraction of sp³-hybridized carbons (Fsp3) is 0.150. The van der Waals surface area contributed by atoms with Crippen LogP contribution in [0.3, 0.4) is 0 Å². The summed E-state index contributed by atoms with van der Waals surface area (Å²) >= 11 is 0. The first-order valence-electron chi connectivity index (χ1n) is 8.00. The number of hydrogen-bond donors (Lipinski definition) is 0. The minimum Gasteiger partial charge on any atom is -0.466 e. The van der Waals surface area contributed by atoms with E-state index in [1.807, 2.05) is 60.7 Å². The molecule has 0 radical (unpaired) electrons. The van der Waals surface area contributed by atoms with Crippen molar-refractivity contribution >= 4 is 23.2 Å². The van der Waals surface area contributed by atoms with E-state index in [4.69, 9.17) is 9.57 Å². The summed E-state index contributed by atoms with van der Waals surface area (Å²) in [5.74, 6) is -0.969. The average molecular weight is 335 g/mol. The minimum atomic E-state index is -0.568. The van der Waals surface area contributed by atoms with Gasteiger partial charge in [-0.2, -0.15) is 0 Å². The van der Waals surface area contributed by atoms with Crippen molar-refractivity contribution in [3.63, 3.8) is 0 Å². The molecule has 0 fully saturated rings. The third kappa shape index (κ3) is 3.66. The van der Waals surface area contributed by atoms with Crippen LogP contribution in [0.5, 0.6) is 0 Å². The lowest BCUT2D eigenvalue weighted by molar-refractivity contribution is -0.141. The maximum atomic E-state index is 12.4. The van der Waals surface area contributed by atoms with Gasteiger partial charge in [0.25, 0.3) is 0 Å². The predicted octanol–water partition coefficient (Wildman–Crippen LogP) is 3.35. The van der Waals surface area contributed by atoms with Gasteiger partial charge in [-0.15, -0.1) is 0 Å². The molecule has 25 heavy (non-hydrogen) atoms. The Morgan fingerprint density at radius 3 is 2.32 bits per heavy atom. The van der Waals surface area contributed by atoms with Crippen molar-refractivity contribution in [3.05, 3.63) is 77.4 Å². The van der Waals surface area contributed by atoms with Crippen LogP contribution >= 0.6 is 0 Å². The number of oxime groups is 1. The van der Waals surface area contributed by atoms with E-state index in [2.05, 4.69) is 5.16 Å². The van der Waals surface area contributed by atoms with E-state index in [1.54, 1.807) is 6.92 Å². The molecule has 0 aromatic heterocycles. The Morgan fingerprint density at radius 2 is 1.68 bits per heavy atom. The molecule has 0 saturated carbocycles. The fourth-order valence-electron chi connectivity index (χ4n) is 2.66. The highest BCUT2D eigenvalue weighted by Gasteiger charge is 2.31. The van der Waals surface area contributed by atoms with E-state index < -0.39 is 11.9 Å². The number of esters is 1. The van der Waals surface area contributed by atoms with Gasteiger partial charge in [0.15, 0.2) is 0 Å². The van der Waals surface area contributed by atoms with Gasteiger partial charge >= 0.3 is 11.9 Å². The van der Waals surface area contributed by atoms with Crippen molar-refractivity contribution in [2.75, 3.05) is 6.61 Å². The third-order valence-electron chi connectivity index (χ3n) is 3.76. The Morgan fingerprint density at radius 1 is 1.04 bits per heavy atom. The number of rotatable bonds is 5. The maximum Gasteiger partial charge on any atom is 0.368 e. The Balaban J connectivity index is 2.12. The number of ether oxygens (including phenoxy) is 1. The van der Waals surface area contributed by atoms with Gasteiger partial charge in [0.2, 0.25) is 0 Å². The normalized spacial score (nSPS) is 15.4. The van der Waals surface area contributed by atoms with Crippen LogP contribution in [-0.4, -0.2) is 24.3 Å². The number of benzene rings is 2. The Hall–Kier alpha value is -3.21. The summed E-state index contributed by atoms with van der Waals surface area (Å²) in [5, 5.41) is 3.93. The summed E-state index contributed by atoms with van der Waals surface area (Å²) in [6.45, 7) is 2.02. The zero-order chi connectivity index (χ0) is 17.6. The van der Waals surface area contributed by atoms with Crippen molar-refractivity contribution in [2.24, 2.45) is 5.16 Å². The molecule has 0 N–H and O–H groups in total. The molecule has 126 valence electrons. The van der Waals surface area contributed by atoms with Gasteiger partial charge < -0.3 is 9.57 Å². The van der Waals surface area contributed by atoms with E-state index in [0.29, 0.717) is 16.9 Å². The summed E-state index contributed by atoms with van der Waals surface area (Å²) in [4.78, 5) is 29.4. The van der Waals surface area contributed by atoms with Crippen LogP contribution in [0.2, 0.25) is 0 Å². The molecule has 1 aliphatic heterocycles. The van der Waals surface area contributed by atoms with E-state index >= 15 is 0 Å². The molecule has 5 nitrogen and oxygen atoms in total. The molecular weight excluding hydrogens is 318 g/mol. The van der Waals surface area contributed by atoms with Crippen molar-refractivity contribution in [1.82, 2.24) is 0 Å². The SMILES string of the molecule is CCOC(=O)C/C(=C1/C(=O)ON=C1c1ccccc1)c1ccccc1. The van der Waals surface area contributed by atoms with E-state index in [-0.39, 0.29) is 13.0 Å². The second-order valence-electron chi connectivity index (χ2n) is 5.39. The monoisotopic (exact) mass is 335 g/mol. The van der Waals surface area contributed by atoms with Gasteiger partial charge in [-0.05, 0) is 18.1 Å². The quantitative estimate of drug-likeness (QED) is 0.477. The summed E-state index contributed by atoms with van der Waals surface area (Å²) in [6.07, 6.45) is -0.0336. The molecule has 5 heteroatoms. The van der Waals surface area contributed by atoms with E-state index in [1.165, 1.54) is 0 Å². The van der Waals surface area contributed by atoms with Gasteiger partial charge in [-0.25, -0.2) is 4.79 Å². The van der Waals surface area contributed by atoms with Crippen molar-refractivity contribution in [2.45, 2.75) is 13.3 Å². The van der Waals surface area contributed by atoms with Crippen LogP contribution in [0.15, 0.2) is 71.4 Å². The maximum absolute atomic E-state index is 12.4. The second-order valence-corrected chi connectivity index (χ2v) is 5.39. The average Bonchev–Trinajstić information content (AvgIpc) is 3.03. The van der Waals surface area contributed by atoms with Crippen LogP contribution in [0, 0.1) is 0 Å². The molecule has 0 saturated heterocycles. The highest BCUT2D eigenvalue weighted by molar-refractivity contribution is 6.33. The molecular formula is C20H17NO4. The molecule has 0 atom stereocenters. The van der Waals surface area contributed by atoms with Gasteiger partial charge in [-0.3, -0.25) is 4.79 Å². The van der Waals surface area contributed by atoms with Crippen LogP contribution in [-0.2, 0) is 19.2 Å². The number of carbonyl (C=O) groups is 2. The predicted molar refractivity (Wildman–Crippen MR) is 93.7 cm³/mol. The Kier molecular flexibility index (Phi) is 5.04. The number of nitrogens with zero attached hydrogens (tertiary/aromatic N) is 1. The molecule has 2 aromatic rings. The first-order chi connectivity index (χ1) is 12.2. The van der Waals surface area contributed by atoms with Crippen LogP contribution in [0.4, 0.5) is 0 Å². The smallest absolute Gasteiger partial charge is 0.368 e. The van der Waals surface area contributed by atoms with Gasteiger partial charge in [0, 0.05) is 5.56 Å². The van der Waals surface area contributed by atoms with Gasteiger partial charge in [-0.1, -0.05) is 65.8 Å². The highest BCUT2D eigenvalue weighted by atomic mass is 16.7. The third-order valence-corrected chi connectivity index (χ3v) is 3.76. The molecule has 3 rings (SSSR count). The second kappa shape index (κ2) is 7.57. The Bertz CT molecular complexity index is 839. The summed E-state index contributed by atoms with van der Waals surface area (Å²) in [7, 11) is 0. The zero-order valence-electron chi connectivity index (χ0n) is 13.8. The first-order valence-corrected chi connectivity index (χ1v) is 8.00. The number of carbonyl (C=O) groups excluding carboxylic acids is 2. The Labute approximate surface area is 145 Å². The topological polar surface area (TPSA) is 65.0 Å². The standard InChI is InChI=1S/C20H17NO4/c1-2-24-17(22)13-16(14-9-5-3-6-10-14)18-19(21-25-20(18)23)15-11-7-4-8-12-15/h3-12H,2,13H2,1H3/b18-16-. The summed E-state index contributed by atoms with van der Waals surface area (Å²) in [6, 6.07) is 18.5. The van der Waals surface area contributed by atoms with Gasteiger partial charge in [0.1, 0.15) is 5.71 Å². The molecule has 1 aliphatic rings. The molecule has 1 heterocycles. The fourth-order valence-corrected chi connectivity index (χ4v) is 2.66. The lowest BCUT2D eigenvalue weighted by atomic mass is 9.92. The van der Waals surface area contributed by atoms with Crippen molar-refractivity contribution < 1.29 is 19.2 Å². The molecule has 0 unspecified atom stereocenters. The molecule has 2 aromatic carbocycles. The molecule has 0 bridgehead atoms. The lowest BCUT2D eigenvalue weighted by Gasteiger charge is -2.11. The van der Waals surface area contributed by atoms with Crippen molar-refractivity contribution in [1.29, 1.82) is 0 Å². The summed E-state index contributed by atoms with van der Waals surface area (Å²) in [5.41, 5.74) is 2.78. The first kappa shape index (κ1) is 16.6.